The molecule has 0 aliphatic carbocycles. The van der Waals surface area contributed by atoms with Crippen LogP contribution in [0.5, 0.6) is 5.75 Å². The number of alkyl halides is 2. The Labute approximate surface area is 104 Å². The summed E-state index contributed by atoms with van der Waals surface area (Å²) in [5, 5.41) is 2.90. The molecule has 0 radical (unpaired) electrons. The largest absolute Gasteiger partial charge is 0.494 e. The molecule has 0 bridgehead atoms. The molecule has 1 aromatic carbocycles. The molecule has 0 spiro atoms. The number of methoxy groups -OCH3 is 1. The van der Waals surface area contributed by atoms with Gasteiger partial charge in [-0.05, 0) is 6.07 Å². The van der Waals surface area contributed by atoms with E-state index in [0.717, 1.165) is 0 Å². The Bertz CT molecular complexity index is 361. The molecule has 18 heavy (non-hydrogen) atoms. The number of nitrogens with one attached hydrogen (secondary N) is 1. The van der Waals surface area contributed by atoms with Crippen LogP contribution in [-0.2, 0) is 11.3 Å². The second-order valence-electron chi connectivity index (χ2n) is 3.58. The van der Waals surface area contributed by atoms with E-state index in [1.807, 2.05) is 0 Å². The van der Waals surface area contributed by atoms with Crippen LogP contribution in [0.4, 0.5) is 13.2 Å². The first-order valence-corrected chi connectivity index (χ1v) is 5.53. The van der Waals surface area contributed by atoms with Crippen LogP contribution in [0.1, 0.15) is 5.56 Å². The molecule has 102 valence electrons. The molecular formula is C12H16F3NO2. The normalized spacial score (nSPS) is 10.9. The highest BCUT2D eigenvalue weighted by Gasteiger charge is 2.07. The maximum atomic E-state index is 13.7. The number of hydrogen-bond donors (Lipinski definition) is 1. The fraction of sp³-hybridized carbons (Fsp3) is 0.500. The highest BCUT2D eigenvalue weighted by Crippen LogP contribution is 2.19. The Hall–Kier alpha value is -1.27. The third-order valence-electron chi connectivity index (χ3n) is 2.25. The topological polar surface area (TPSA) is 30.5 Å². The SMILES string of the molecule is COc1cccc(CNCCOCC(F)F)c1F. The van der Waals surface area contributed by atoms with E-state index in [9.17, 15) is 13.2 Å². The lowest BCUT2D eigenvalue weighted by Gasteiger charge is -2.09. The lowest BCUT2D eigenvalue weighted by Crippen LogP contribution is -2.21. The molecule has 0 saturated carbocycles. The average molecular weight is 263 g/mol. The van der Waals surface area contributed by atoms with Crippen LogP contribution < -0.4 is 10.1 Å². The molecule has 1 N–H and O–H groups in total. The van der Waals surface area contributed by atoms with E-state index in [1.165, 1.54) is 13.2 Å². The van der Waals surface area contributed by atoms with Crippen molar-refractivity contribution in [3.8, 4) is 5.75 Å². The number of halogens is 3. The Balaban J connectivity index is 2.27. The van der Waals surface area contributed by atoms with Crippen LogP contribution in [0.3, 0.4) is 0 Å². The number of benzene rings is 1. The molecule has 0 unspecified atom stereocenters. The van der Waals surface area contributed by atoms with Gasteiger partial charge in [0, 0.05) is 18.7 Å². The Kier molecular flexibility index (Phi) is 6.53. The van der Waals surface area contributed by atoms with Crippen LogP contribution in [0, 0.1) is 5.82 Å². The molecule has 0 aliphatic rings. The average Bonchev–Trinajstić information content (AvgIpc) is 2.35. The van der Waals surface area contributed by atoms with Crippen molar-refractivity contribution in [3.05, 3.63) is 29.6 Å². The van der Waals surface area contributed by atoms with Gasteiger partial charge in [-0.25, -0.2) is 13.2 Å². The molecule has 6 heteroatoms. The first-order chi connectivity index (χ1) is 8.65. The predicted octanol–water partition coefficient (Wildman–Crippen LogP) is 2.21. The van der Waals surface area contributed by atoms with Gasteiger partial charge in [0.2, 0.25) is 0 Å². The van der Waals surface area contributed by atoms with E-state index in [1.54, 1.807) is 12.1 Å². The lowest BCUT2D eigenvalue weighted by atomic mass is 10.2. The zero-order valence-corrected chi connectivity index (χ0v) is 10.1. The summed E-state index contributed by atoms with van der Waals surface area (Å²) in [4.78, 5) is 0. The first kappa shape index (κ1) is 14.8. The minimum Gasteiger partial charge on any atom is -0.494 e. The second-order valence-corrected chi connectivity index (χ2v) is 3.58. The predicted molar refractivity (Wildman–Crippen MR) is 61.5 cm³/mol. The molecule has 0 aliphatic heterocycles. The van der Waals surface area contributed by atoms with Crippen molar-refractivity contribution in [2.45, 2.75) is 13.0 Å². The minimum absolute atomic E-state index is 0.163. The summed E-state index contributed by atoms with van der Waals surface area (Å²) in [5.41, 5.74) is 0.461. The van der Waals surface area contributed by atoms with E-state index in [4.69, 9.17) is 4.74 Å². The summed E-state index contributed by atoms with van der Waals surface area (Å²) in [6.45, 7) is 0.259. The fourth-order valence-corrected chi connectivity index (χ4v) is 1.39. The summed E-state index contributed by atoms with van der Waals surface area (Å²) in [6, 6.07) is 4.85. The van der Waals surface area contributed by atoms with Crippen molar-refractivity contribution < 1.29 is 22.6 Å². The zero-order valence-electron chi connectivity index (χ0n) is 10.1. The fourth-order valence-electron chi connectivity index (χ4n) is 1.39. The van der Waals surface area contributed by atoms with Gasteiger partial charge in [-0.3, -0.25) is 0 Å². The van der Waals surface area contributed by atoms with Crippen molar-refractivity contribution >= 4 is 0 Å². The van der Waals surface area contributed by atoms with Crippen LogP contribution in [0.25, 0.3) is 0 Å². The molecule has 0 fully saturated rings. The highest BCUT2D eigenvalue weighted by molar-refractivity contribution is 5.30. The van der Waals surface area contributed by atoms with Gasteiger partial charge in [-0.1, -0.05) is 12.1 Å². The standard InChI is InChI=1S/C12H16F3NO2/c1-17-10-4-2-3-9(12(10)15)7-16-5-6-18-8-11(13)14/h2-4,11,16H,5-8H2,1H3. The van der Waals surface area contributed by atoms with E-state index in [2.05, 4.69) is 10.1 Å². The minimum atomic E-state index is -2.46. The van der Waals surface area contributed by atoms with E-state index >= 15 is 0 Å². The smallest absolute Gasteiger partial charge is 0.261 e. The molecule has 1 aromatic rings. The third-order valence-corrected chi connectivity index (χ3v) is 2.25. The van der Waals surface area contributed by atoms with Gasteiger partial charge in [-0.2, -0.15) is 0 Å². The first-order valence-electron chi connectivity index (χ1n) is 5.53. The van der Waals surface area contributed by atoms with Crippen molar-refractivity contribution in [3.63, 3.8) is 0 Å². The Morgan fingerprint density at radius 2 is 2.11 bits per heavy atom. The van der Waals surface area contributed by atoms with Gasteiger partial charge in [0.05, 0.1) is 13.7 Å². The van der Waals surface area contributed by atoms with Crippen molar-refractivity contribution in [1.29, 1.82) is 0 Å². The van der Waals surface area contributed by atoms with E-state index in [-0.39, 0.29) is 12.4 Å². The molecule has 0 heterocycles. The van der Waals surface area contributed by atoms with E-state index in [0.29, 0.717) is 18.7 Å². The maximum Gasteiger partial charge on any atom is 0.261 e. The number of rotatable bonds is 8. The van der Waals surface area contributed by atoms with Crippen LogP contribution >= 0.6 is 0 Å². The van der Waals surface area contributed by atoms with Gasteiger partial charge in [0.25, 0.3) is 6.43 Å². The van der Waals surface area contributed by atoms with Gasteiger partial charge >= 0.3 is 0 Å². The molecule has 1 rings (SSSR count). The van der Waals surface area contributed by atoms with Crippen LogP contribution in [0.2, 0.25) is 0 Å². The quantitative estimate of drug-likeness (QED) is 0.729. The maximum absolute atomic E-state index is 13.7. The van der Waals surface area contributed by atoms with Crippen molar-refractivity contribution in [1.82, 2.24) is 5.32 Å². The molecule has 0 amide bonds. The van der Waals surface area contributed by atoms with Gasteiger partial charge in [0.15, 0.2) is 11.6 Å². The van der Waals surface area contributed by atoms with Gasteiger partial charge in [-0.15, -0.1) is 0 Å². The summed E-state index contributed by atoms with van der Waals surface area (Å²) in [6.07, 6.45) is -2.46. The number of ether oxygens (including phenoxy) is 2. The number of hydrogen-bond acceptors (Lipinski definition) is 3. The second kappa shape index (κ2) is 7.94. The lowest BCUT2D eigenvalue weighted by molar-refractivity contribution is 0.0187. The summed E-state index contributed by atoms with van der Waals surface area (Å²) in [5.74, 6) is -0.232. The van der Waals surface area contributed by atoms with Gasteiger partial charge < -0.3 is 14.8 Å². The highest BCUT2D eigenvalue weighted by atomic mass is 19.3. The van der Waals surface area contributed by atoms with Crippen LogP contribution in [-0.4, -0.2) is 33.3 Å². The Morgan fingerprint density at radius 1 is 1.33 bits per heavy atom. The molecule has 0 aromatic heterocycles. The summed E-state index contributed by atoms with van der Waals surface area (Å²) >= 11 is 0. The monoisotopic (exact) mass is 263 g/mol. The molecule has 0 atom stereocenters. The van der Waals surface area contributed by atoms with Crippen LogP contribution in [0.15, 0.2) is 18.2 Å². The summed E-state index contributed by atoms with van der Waals surface area (Å²) in [7, 11) is 1.40. The molecule has 0 saturated heterocycles. The summed E-state index contributed by atoms with van der Waals surface area (Å²) < 4.78 is 46.7. The molecular weight excluding hydrogens is 247 g/mol. The zero-order chi connectivity index (χ0) is 13.4. The molecule has 3 nitrogen and oxygen atoms in total. The van der Waals surface area contributed by atoms with E-state index < -0.39 is 18.8 Å². The third kappa shape index (κ3) is 4.93. The van der Waals surface area contributed by atoms with Gasteiger partial charge in [0.1, 0.15) is 6.61 Å². The Morgan fingerprint density at radius 3 is 2.78 bits per heavy atom. The van der Waals surface area contributed by atoms with Crippen molar-refractivity contribution in [2.24, 2.45) is 0 Å². The van der Waals surface area contributed by atoms with Crippen molar-refractivity contribution in [2.75, 3.05) is 26.9 Å².